The Labute approximate surface area is 117 Å². The molecule has 1 saturated carbocycles. The maximum Gasteiger partial charge on any atom is 0.123 e. The molecule has 0 aliphatic heterocycles. The van der Waals surface area contributed by atoms with E-state index < -0.39 is 0 Å². The van der Waals surface area contributed by atoms with E-state index in [-0.39, 0.29) is 6.10 Å². The Morgan fingerprint density at radius 2 is 1.95 bits per heavy atom. The molecule has 0 radical (unpaired) electrons. The van der Waals surface area contributed by atoms with Crippen LogP contribution in [0.5, 0.6) is 5.75 Å². The first-order chi connectivity index (χ1) is 8.95. The van der Waals surface area contributed by atoms with Crippen LogP contribution in [0, 0.1) is 5.41 Å². The van der Waals surface area contributed by atoms with Crippen LogP contribution >= 0.6 is 0 Å². The van der Waals surface area contributed by atoms with Crippen LogP contribution < -0.4 is 10.1 Å². The van der Waals surface area contributed by atoms with Gasteiger partial charge in [-0.05, 0) is 42.9 Å². The first kappa shape index (κ1) is 14.4. The molecule has 1 aromatic carbocycles. The smallest absolute Gasteiger partial charge is 0.123 e. The third-order valence-electron chi connectivity index (χ3n) is 4.42. The second kappa shape index (κ2) is 5.54. The van der Waals surface area contributed by atoms with Gasteiger partial charge >= 0.3 is 0 Å². The maximum atomic E-state index is 6.34. The molecule has 1 fully saturated rings. The molecular weight excluding hydrogens is 234 g/mol. The van der Waals surface area contributed by atoms with Crippen molar-refractivity contribution in [1.29, 1.82) is 0 Å². The molecule has 2 rings (SSSR count). The van der Waals surface area contributed by atoms with E-state index in [1.807, 2.05) is 7.05 Å². The average Bonchev–Trinajstić information content (AvgIpc) is 2.64. The molecule has 1 aromatic rings. The lowest BCUT2D eigenvalue weighted by atomic mass is 9.87. The molecule has 1 aliphatic rings. The number of hydrogen-bond acceptors (Lipinski definition) is 2. The summed E-state index contributed by atoms with van der Waals surface area (Å²) in [6.45, 7) is 9.09. The number of benzene rings is 1. The Morgan fingerprint density at radius 3 is 2.58 bits per heavy atom. The molecule has 0 spiro atoms. The van der Waals surface area contributed by atoms with Crippen molar-refractivity contribution < 1.29 is 4.74 Å². The zero-order valence-corrected chi connectivity index (χ0v) is 12.9. The Hall–Kier alpha value is -1.02. The molecular formula is C17H27NO. The van der Waals surface area contributed by atoms with Crippen molar-refractivity contribution in [3.05, 3.63) is 29.8 Å². The second-order valence-corrected chi connectivity index (χ2v) is 6.64. The normalized spacial score (nSPS) is 25.8. The van der Waals surface area contributed by atoms with Crippen molar-refractivity contribution in [1.82, 2.24) is 5.32 Å². The third-order valence-corrected chi connectivity index (χ3v) is 4.42. The van der Waals surface area contributed by atoms with Crippen molar-refractivity contribution in [2.24, 2.45) is 5.41 Å². The van der Waals surface area contributed by atoms with E-state index in [4.69, 9.17) is 4.74 Å². The van der Waals surface area contributed by atoms with E-state index in [0.717, 1.165) is 12.2 Å². The van der Waals surface area contributed by atoms with Crippen molar-refractivity contribution in [2.45, 2.75) is 58.6 Å². The first-order valence-electron chi connectivity index (χ1n) is 7.38. The van der Waals surface area contributed by atoms with E-state index in [0.29, 0.717) is 17.4 Å². The minimum Gasteiger partial charge on any atom is -0.488 e. The van der Waals surface area contributed by atoms with E-state index in [9.17, 15) is 0 Å². The van der Waals surface area contributed by atoms with Gasteiger partial charge in [0.15, 0.2) is 0 Å². The van der Waals surface area contributed by atoms with E-state index in [2.05, 4.69) is 57.3 Å². The highest BCUT2D eigenvalue weighted by Gasteiger charge is 2.42. The standard InChI is InChI=1S/C17H27NO/c1-12(2)13-8-6-7-9-14(13)19-15-10-11-17(3,4)16(15)18-5/h6-9,12,15-16,18H,10-11H2,1-5H3. The molecule has 0 bridgehead atoms. The molecule has 0 saturated heterocycles. The Balaban J connectivity index is 2.18. The first-order valence-corrected chi connectivity index (χ1v) is 7.38. The van der Waals surface area contributed by atoms with Gasteiger partial charge in [-0.15, -0.1) is 0 Å². The Morgan fingerprint density at radius 1 is 1.26 bits per heavy atom. The molecule has 19 heavy (non-hydrogen) atoms. The Kier molecular flexibility index (Phi) is 4.19. The number of rotatable bonds is 4. The minimum atomic E-state index is 0.278. The van der Waals surface area contributed by atoms with Crippen LogP contribution in [0.1, 0.15) is 52.0 Å². The van der Waals surface area contributed by atoms with Gasteiger partial charge in [0.2, 0.25) is 0 Å². The molecule has 0 aromatic heterocycles. The fourth-order valence-electron chi connectivity index (χ4n) is 3.27. The topological polar surface area (TPSA) is 21.3 Å². The van der Waals surface area contributed by atoms with Crippen molar-refractivity contribution in [2.75, 3.05) is 7.05 Å². The second-order valence-electron chi connectivity index (χ2n) is 6.64. The summed E-state index contributed by atoms with van der Waals surface area (Å²) >= 11 is 0. The van der Waals surface area contributed by atoms with Gasteiger partial charge in [-0.1, -0.05) is 45.9 Å². The summed E-state index contributed by atoms with van der Waals surface area (Å²) in [6.07, 6.45) is 2.62. The summed E-state index contributed by atoms with van der Waals surface area (Å²) in [5.41, 5.74) is 1.62. The zero-order chi connectivity index (χ0) is 14.0. The van der Waals surface area contributed by atoms with Crippen LogP contribution in [0.3, 0.4) is 0 Å². The van der Waals surface area contributed by atoms with Gasteiger partial charge in [-0.2, -0.15) is 0 Å². The van der Waals surface area contributed by atoms with E-state index in [1.54, 1.807) is 0 Å². The lowest BCUT2D eigenvalue weighted by molar-refractivity contribution is 0.144. The number of ether oxygens (including phenoxy) is 1. The molecule has 0 amide bonds. The number of hydrogen-bond donors (Lipinski definition) is 1. The molecule has 2 nitrogen and oxygen atoms in total. The number of para-hydroxylation sites is 1. The lowest BCUT2D eigenvalue weighted by Crippen LogP contribution is -2.44. The van der Waals surface area contributed by atoms with Gasteiger partial charge in [0, 0.05) is 6.04 Å². The highest BCUT2D eigenvalue weighted by molar-refractivity contribution is 5.36. The summed E-state index contributed by atoms with van der Waals surface area (Å²) in [7, 11) is 2.04. The fraction of sp³-hybridized carbons (Fsp3) is 0.647. The summed E-state index contributed by atoms with van der Waals surface area (Å²) in [5, 5.41) is 3.45. The van der Waals surface area contributed by atoms with Gasteiger partial charge < -0.3 is 10.1 Å². The molecule has 1 N–H and O–H groups in total. The van der Waals surface area contributed by atoms with Crippen LogP contribution in [0.15, 0.2) is 24.3 Å². The van der Waals surface area contributed by atoms with Gasteiger partial charge in [-0.3, -0.25) is 0 Å². The predicted molar refractivity (Wildman–Crippen MR) is 80.8 cm³/mol. The third kappa shape index (κ3) is 2.94. The summed E-state index contributed by atoms with van der Waals surface area (Å²) < 4.78 is 6.34. The number of likely N-dealkylation sites (N-methyl/N-ethyl adjacent to an activating group) is 1. The SMILES string of the molecule is CNC1C(Oc2ccccc2C(C)C)CCC1(C)C. The Bertz CT molecular complexity index is 425. The van der Waals surface area contributed by atoms with Crippen molar-refractivity contribution in [3.63, 3.8) is 0 Å². The quantitative estimate of drug-likeness (QED) is 0.885. The molecule has 2 atom stereocenters. The average molecular weight is 261 g/mol. The van der Waals surface area contributed by atoms with E-state index in [1.165, 1.54) is 12.0 Å². The summed E-state index contributed by atoms with van der Waals surface area (Å²) in [6, 6.07) is 8.86. The van der Waals surface area contributed by atoms with Gasteiger partial charge in [0.1, 0.15) is 11.9 Å². The largest absolute Gasteiger partial charge is 0.488 e. The summed E-state index contributed by atoms with van der Waals surface area (Å²) in [5.74, 6) is 1.55. The van der Waals surface area contributed by atoms with Gasteiger partial charge in [0.05, 0.1) is 0 Å². The van der Waals surface area contributed by atoms with Crippen LogP contribution in [0.4, 0.5) is 0 Å². The predicted octanol–water partition coefficient (Wildman–Crippen LogP) is 3.97. The molecule has 2 heteroatoms. The zero-order valence-electron chi connectivity index (χ0n) is 12.9. The molecule has 106 valence electrons. The molecule has 1 aliphatic carbocycles. The van der Waals surface area contributed by atoms with Crippen LogP contribution in [0.25, 0.3) is 0 Å². The molecule has 0 heterocycles. The van der Waals surface area contributed by atoms with Crippen molar-refractivity contribution in [3.8, 4) is 5.75 Å². The lowest BCUT2D eigenvalue weighted by Gasteiger charge is -2.31. The summed E-state index contributed by atoms with van der Waals surface area (Å²) in [4.78, 5) is 0. The van der Waals surface area contributed by atoms with Gasteiger partial charge in [-0.25, -0.2) is 0 Å². The van der Waals surface area contributed by atoms with E-state index >= 15 is 0 Å². The highest BCUT2D eigenvalue weighted by Crippen LogP contribution is 2.40. The highest BCUT2D eigenvalue weighted by atomic mass is 16.5. The van der Waals surface area contributed by atoms with Gasteiger partial charge in [0.25, 0.3) is 0 Å². The van der Waals surface area contributed by atoms with Crippen molar-refractivity contribution >= 4 is 0 Å². The fourth-order valence-corrected chi connectivity index (χ4v) is 3.27. The van der Waals surface area contributed by atoms with Crippen LogP contribution in [0.2, 0.25) is 0 Å². The van der Waals surface area contributed by atoms with Crippen LogP contribution in [-0.2, 0) is 0 Å². The monoisotopic (exact) mass is 261 g/mol. The maximum absolute atomic E-state index is 6.34. The molecule has 2 unspecified atom stereocenters. The van der Waals surface area contributed by atoms with Crippen LogP contribution in [-0.4, -0.2) is 19.2 Å². The minimum absolute atomic E-state index is 0.278. The number of nitrogens with one attached hydrogen (secondary N) is 1.